The van der Waals surface area contributed by atoms with Gasteiger partial charge in [0.1, 0.15) is 17.1 Å². The molecular formula is C19H22N2O4. The monoisotopic (exact) mass is 342 g/mol. The van der Waals surface area contributed by atoms with Gasteiger partial charge in [0, 0.05) is 5.69 Å². The van der Waals surface area contributed by atoms with Crippen LogP contribution in [0.15, 0.2) is 36.4 Å². The van der Waals surface area contributed by atoms with E-state index in [0.717, 1.165) is 11.1 Å². The van der Waals surface area contributed by atoms with Gasteiger partial charge in [-0.2, -0.15) is 0 Å². The molecule has 6 heteroatoms. The third-order valence-electron chi connectivity index (χ3n) is 3.57. The zero-order chi connectivity index (χ0) is 18.4. The summed E-state index contributed by atoms with van der Waals surface area (Å²) in [6.07, 6.45) is 0. The van der Waals surface area contributed by atoms with Crippen LogP contribution in [0.1, 0.15) is 21.5 Å². The molecule has 132 valence electrons. The third kappa shape index (κ3) is 4.73. The Morgan fingerprint density at radius 1 is 0.960 bits per heavy atom. The molecule has 0 saturated carbocycles. The molecule has 0 spiro atoms. The van der Waals surface area contributed by atoms with Crippen LogP contribution < -0.4 is 20.1 Å². The van der Waals surface area contributed by atoms with Gasteiger partial charge in [-0.15, -0.1) is 0 Å². The minimum atomic E-state index is -0.440. The smallest absolute Gasteiger partial charge is 0.259 e. The van der Waals surface area contributed by atoms with Crippen LogP contribution in [0.25, 0.3) is 0 Å². The van der Waals surface area contributed by atoms with Crippen molar-refractivity contribution in [1.82, 2.24) is 5.32 Å². The van der Waals surface area contributed by atoms with Crippen LogP contribution in [0.2, 0.25) is 0 Å². The van der Waals surface area contributed by atoms with E-state index in [-0.39, 0.29) is 18.0 Å². The van der Waals surface area contributed by atoms with Crippen LogP contribution in [0.3, 0.4) is 0 Å². The third-order valence-corrected chi connectivity index (χ3v) is 3.57. The molecule has 2 rings (SSSR count). The topological polar surface area (TPSA) is 76.7 Å². The number of anilines is 1. The lowest BCUT2D eigenvalue weighted by Gasteiger charge is -2.13. The first-order chi connectivity index (χ1) is 11.9. The molecule has 6 nitrogen and oxygen atoms in total. The Bertz CT molecular complexity index is 744. The van der Waals surface area contributed by atoms with E-state index in [1.807, 2.05) is 32.0 Å². The summed E-state index contributed by atoms with van der Waals surface area (Å²) in [5, 5.41) is 5.36. The van der Waals surface area contributed by atoms with Gasteiger partial charge >= 0.3 is 0 Å². The fourth-order valence-corrected chi connectivity index (χ4v) is 2.58. The molecule has 2 aromatic rings. The van der Waals surface area contributed by atoms with Crippen LogP contribution in [0.4, 0.5) is 5.69 Å². The number of aryl methyl sites for hydroxylation is 2. The van der Waals surface area contributed by atoms with Gasteiger partial charge < -0.3 is 20.1 Å². The number of methoxy groups -OCH3 is 2. The van der Waals surface area contributed by atoms with Crippen molar-refractivity contribution in [1.29, 1.82) is 0 Å². The van der Waals surface area contributed by atoms with E-state index in [0.29, 0.717) is 17.2 Å². The number of amides is 2. The first kappa shape index (κ1) is 18.3. The fraction of sp³-hybridized carbons (Fsp3) is 0.263. The van der Waals surface area contributed by atoms with Crippen LogP contribution in [0.5, 0.6) is 11.5 Å². The van der Waals surface area contributed by atoms with Gasteiger partial charge in [-0.3, -0.25) is 9.59 Å². The number of nitrogens with one attached hydrogen (secondary N) is 2. The highest BCUT2D eigenvalue weighted by Gasteiger charge is 2.18. The predicted molar refractivity (Wildman–Crippen MR) is 96.4 cm³/mol. The lowest BCUT2D eigenvalue weighted by molar-refractivity contribution is -0.115. The molecule has 2 N–H and O–H groups in total. The number of carbonyl (C=O) groups is 2. The molecule has 0 aromatic heterocycles. The summed E-state index contributed by atoms with van der Waals surface area (Å²) in [5.41, 5.74) is 3.06. The summed E-state index contributed by atoms with van der Waals surface area (Å²) >= 11 is 0. The van der Waals surface area contributed by atoms with Crippen molar-refractivity contribution in [3.05, 3.63) is 53.1 Å². The summed E-state index contributed by atoms with van der Waals surface area (Å²) < 4.78 is 10.4. The Kier molecular flexibility index (Phi) is 6.00. The average molecular weight is 342 g/mol. The van der Waals surface area contributed by atoms with Crippen molar-refractivity contribution in [3.63, 3.8) is 0 Å². The zero-order valence-corrected chi connectivity index (χ0v) is 14.8. The first-order valence-corrected chi connectivity index (χ1v) is 7.82. The Labute approximate surface area is 147 Å². The SMILES string of the molecule is COc1cccc(OC)c1C(=O)NCC(=O)Nc1cc(C)cc(C)c1. The standard InChI is InChI=1S/C19H22N2O4/c1-12-8-13(2)10-14(9-12)21-17(22)11-20-19(23)18-15(24-3)6-5-7-16(18)25-4/h5-10H,11H2,1-4H3,(H,20,23)(H,21,22). The molecule has 0 aliphatic rings. The van der Waals surface area contributed by atoms with Crippen molar-refractivity contribution in [2.24, 2.45) is 0 Å². The maximum atomic E-state index is 12.4. The lowest BCUT2D eigenvalue weighted by Crippen LogP contribution is -2.33. The maximum absolute atomic E-state index is 12.4. The maximum Gasteiger partial charge on any atom is 0.259 e. The quantitative estimate of drug-likeness (QED) is 0.846. The second-order valence-corrected chi connectivity index (χ2v) is 5.64. The molecule has 0 heterocycles. The highest BCUT2D eigenvalue weighted by molar-refractivity contribution is 6.02. The molecule has 0 aliphatic carbocycles. The van der Waals surface area contributed by atoms with Crippen LogP contribution in [-0.2, 0) is 4.79 Å². The number of carbonyl (C=O) groups excluding carboxylic acids is 2. The minimum Gasteiger partial charge on any atom is -0.496 e. The Balaban J connectivity index is 2.03. The Morgan fingerprint density at radius 3 is 2.04 bits per heavy atom. The summed E-state index contributed by atoms with van der Waals surface area (Å²) in [7, 11) is 2.94. The molecule has 0 atom stereocenters. The number of benzene rings is 2. The first-order valence-electron chi connectivity index (χ1n) is 7.82. The summed E-state index contributed by atoms with van der Waals surface area (Å²) in [6.45, 7) is 3.75. The molecule has 2 aromatic carbocycles. The minimum absolute atomic E-state index is 0.160. The second-order valence-electron chi connectivity index (χ2n) is 5.64. The van der Waals surface area contributed by atoms with Gasteiger partial charge in [0.2, 0.25) is 5.91 Å². The Morgan fingerprint density at radius 2 is 1.52 bits per heavy atom. The molecule has 0 bridgehead atoms. The van der Waals surface area contributed by atoms with Gasteiger partial charge in [-0.05, 0) is 49.2 Å². The molecule has 25 heavy (non-hydrogen) atoms. The van der Waals surface area contributed by atoms with Gasteiger partial charge in [0.15, 0.2) is 0 Å². The van der Waals surface area contributed by atoms with E-state index in [2.05, 4.69) is 10.6 Å². The van der Waals surface area contributed by atoms with Crippen LogP contribution in [0, 0.1) is 13.8 Å². The molecule has 0 unspecified atom stereocenters. The van der Waals surface area contributed by atoms with E-state index in [1.54, 1.807) is 18.2 Å². The molecule has 0 radical (unpaired) electrons. The van der Waals surface area contributed by atoms with Gasteiger partial charge in [0.25, 0.3) is 5.91 Å². The lowest BCUT2D eigenvalue weighted by atomic mass is 10.1. The van der Waals surface area contributed by atoms with Gasteiger partial charge in [-0.25, -0.2) is 0 Å². The normalized spacial score (nSPS) is 10.1. The number of hydrogen-bond acceptors (Lipinski definition) is 4. The van der Waals surface area contributed by atoms with Crippen LogP contribution >= 0.6 is 0 Å². The summed E-state index contributed by atoms with van der Waals surface area (Å²) in [5.74, 6) is 0.00946. The van der Waals surface area contributed by atoms with Crippen LogP contribution in [-0.4, -0.2) is 32.6 Å². The van der Waals surface area contributed by atoms with E-state index in [1.165, 1.54) is 14.2 Å². The van der Waals surface area contributed by atoms with E-state index in [4.69, 9.17) is 9.47 Å². The number of rotatable bonds is 6. The molecule has 2 amide bonds. The van der Waals surface area contributed by atoms with E-state index >= 15 is 0 Å². The zero-order valence-electron chi connectivity index (χ0n) is 14.8. The number of ether oxygens (including phenoxy) is 2. The van der Waals surface area contributed by atoms with Gasteiger partial charge in [0.05, 0.1) is 20.8 Å². The van der Waals surface area contributed by atoms with E-state index in [9.17, 15) is 9.59 Å². The van der Waals surface area contributed by atoms with Crippen molar-refractivity contribution in [2.45, 2.75) is 13.8 Å². The van der Waals surface area contributed by atoms with Crippen molar-refractivity contribution >= 4 is 17.5 Å². The molecule has 0 aliphatic heterocycles. The largest absolute Gasteiger partial charge is 0.496 e. The Hall–Kier alpha value is -3.02. The highest BCUT2D eigenvalue weighted by Crippen LogP contribution is 2.27. The van der Waals surface area contributed by atoms with Crippen molar-refractivity contribution in [3.8, 4) is 11.5 Å². The fourth-order valence-electron chi connectivity index (χ4n) is 2.58. The molecule has 0 saturated heterocycles. The number of hydrogen-bond donors (Lipinski definition) is 2. The van der Waals surface area contributed by atoms with Crippen molar-refractivity contribution in [2.75, 3.05) is 26.1 Å². The second kappa shape index (κ2) is 8.19. The summed E-state index contributed by atoms with van der Waals surface area (Å²) in [4.78, 5) is 24.5. The predicted octanol–water partition coefficient (Wildman–Crippen LogP) is 2.69. The van der Waals surface area contributed by atoms with Crippen molar-refractivity contribution < 1.29 is 19.1 Å². The molecular weight excluding hydrogens is 320 g/mol. The highest BCUT2D eigenvalue weighted by atomic mass is 16.5. The molecule has 0 fully saturated rings. The average Bonchev–Trinajstić information content (AvgIpc) is 2.57. The van der Waals surface area contributed by atoms with Gasteiger partial charge in [-0.1, -0.05) is 12.1 Å². The summed E-state index contributed by atoms with van der Waals surface area (Å²) in [6, 6.07) is 10.8. The van der Waals surface area contributed by atoms with E-state index < -0.39 is 5.91 Å².